The van der Waals surface area contributed by atoms with Gasteiger partial charge >= 0.3 is 0 Å². The summed E-state index contributed by atoms with van der Waals surface area (Å²) in [5.74, 6) is -0.887. The van der Waals surface area contributed by atoms with Crippen molar-refractivity contribution in [3.05, 3.63) is 46.5 Å². The molecule has 1 aliphatic heterocycles. The van der Waals surface area contributed by atoms with Gasteiger partial charge in [0.25, 0.3) is 0 Å². The van der Waals surface area contributed by atoms with Crippen LogP contribution in [0.15, 0.2) is 40.9 Å². The lowest BCUT2D eigenvalue weighted by molar-refractivity contribution is -0.149. The molecule has 1 aromatic carbocycles. The minimum Gasteiger partial charge on any atom is -0.369 e. The number of nitrogens with two attached hydrogens (primary N) is 2. The molecule has 5 atom stereocenters. The average molecular weight is 444 g/mol. The van der Waals surface area contributed by atoms with Crippen LogP contribution in [0.3, 0.4) is 0 Å². The Morgan fingerprint density at radius 2 is 1.71 bits per heavy atom. The van der Waals surface area contributed by atoms with Crippen LogP contribution < -0.4 is 16.8 Å². The molecule has 2 saturated carbocycles. The van der Waals surface area contributed by atoms with Crippen molar-refractivity contribution in [1.29, 1.82) is 0 Å². The predicted octanol–water partition coefficient (Wildman–Crippen LogP) is 2.24. The van der Waals surface area contributed by atoms with E-state index in [0.717, 1.165) is 42.3 Å². The van der Waals surface area contributed by atoms with Crippen LogP contribution >= 0.6 is 15.9 Å². The quantitative estimate of drug-likeness (QED) is 0.622. The lowest BCUT2D eigenvalue weighted by Crippen LogP contribution is -2.66. The van der Waals surface area contributed by atoms with Crippen molar-refractivity contribution >= 4 is 27.7 Å². The molecule has 28 heavy (non-hydrogen) atoms. The molecule has 3 aliphatic carbocycles. The smallest absolute Gasteiger partial charge is 0.229 e. The summed E-state index contributed by atoms with van der Waals surface area (Å²) < 4.78 is 0.930. The van der Waals surface area contributed by atoms with Crippen LogP contribution in [0.4, 0.5) is 0 Å². The molecule has 1 saturated heterocycles. The van der Waals surface area contributed by atoms with E-state index in [1.807, 2.05) is 24.3 Å². The van der Waals surface area contributed by atoms with Gasteiger partial charge in [-0.1, -0.05) is 40.2 Å². The highest BCUT2D eigenvalue weighted by atomic mass is 79.9. The van der Waals surface area contributed by atoms with E-state index in [-0.39, 0.29) is 29.1 Å². The van der Waals surface area contributed by atoms with Gasteiger partial charge in [0.05, 0.1) is 10.8 Å². The van der Waals surface area contributed by atoms with Gasteiger partial charge in [-0.2, -0.15) is 0 Å². The number of halogens is 1. The fourth-order valence-electron chi connectivity index (χ4n) is 7.24. The second-order valence-electron chi connectivity index (χ2n) is 9.03. The Kier molecular flexibility index (Phi) is 3.89. The Bertz CT molecular complexity index is 872. The maximum atomic E-state index is 13.4. The van der Waals surface area contributed by atoms with Crippen molar-refractivity contribution in [3.8, 4) is 0 Å². The maximum absolute atomic E-state index is 13.4. The minimum absolute atomic E-state index is 0.00711. The fraction of sp³-hybridized carbons (Fsp3) is 0.545. The highest BCUT2D eigenvalue weighted by molar-refractivity contribution is 9.10. The van der Waals surface area contributed by atoms with Crippen LogP contribution in [-0.4, -0.2) is 24.9 Å². The first-order chi connectivity index (χ1) is 13.4. The molecule has 1 heterocycles. The van der Waals surface area contributed by atoms with E-state index in [4.69, 9.17) is 11.5 Å². The molecule has 3 fully saturated rings. The SMILES string of the molecule is NC(=O)[C@@]1(c2ccc(Br)cc2)[C@H]2C=C[C@H](C23CC3)[C@@]1(C(N)=O)C1CCCNC1. The average Bonchev–Trinajstić information content (AvgIpc) is 3.35. The summed E-state index contributed by atoms with van der Waals surface area (Å²) in [7, 11) is 0. The third-order valence-corrected chi connectivity index (χ3v) is 8.74. The first-order valence-corrected chi connectivity index (χ1v) is 11.0. The van der Waals surface area contributed by atoms with Gasteiger partial charge in [0, 0.05) is 10.4 Å². The van der Waals surface area contributed by atoms with Crippen LogP contribution in [-0.2, 0) is 15.0 Å². The number of amides is 2. The van der Waals surface area contributed by atoms with Gasteiger partial charge in [0.2, 0.25) is 11.8 Å². The summed E-state index contributed by atoms with van der Waals surface area (Å²) in [6.07, 6.45) is 8.24. The highest BCUT2D eigenvalue weighted by Crippen LogP contribution is 2.81. The molecule has 5 nitrogen and oxygen atoms in total. The Labute approximate surface area is 173 Å². The van der Waals surface area contributed by atoms with E-state index in [9.17, 15) is 9.59 Å². The van der Waals surface area contributed by atoms with E-state index in [1.165, 1.54) is 0 Å². The summed E-state index contributed by atoms with van der Waals surface area (Å²) in [5, 5.41) is 3.44. The van der Waals surface area contributed by atoms with Crippen LogP contribution in [0, 0.1) is 28.6 Å². The van der Waals surface area contributed by atoms with Gasteiger partial charge in [-0.05, 0) is 73.7 Å². The molecule has 4 aliphatic rings. The highest BCUT2D eigenvalue weighted by Gasteiger charge is 2.84. The van der Waals surface area contributed by atoms with E-state index >= 15 is 0 Å². The van der Waals surface area contributed by atoms with Crippen molar-refractivity contribution in [1.82, 2.24) is 5.32 Å². The number of hydrogen-bond acceptors (Lipinski definition) is 3. The van der Waals surface area contributed by atoms with Crippen molar-refractivity contribution < 1.29 is 9.59 Å². The van der Waals surface area contributed by atoms with Crippen LogP contribution in [0.5, 0.6) is 0 Å². The number of carbonyl (C=O) groups is 2. The number of allylic oxidation sites excluding steroid dienone is 2. The van der Waals surface area contributed by atoms with Crippen LogP contribution in [0.2, 0.25) is 0 Å². The topological polar surface area (TPSA) is 98.2 Å². The lowest BCUT2D eigenvalue weighted by Gasteiger charge is -2.53. The van der Waals surface area contributed by atoms with E-state index in [2.05, 4.69) is 33.4 Å². The number of rotatable bonds is 4. The first-order valence-electron chi connectivity index (χ1n) is 10.2. The van der Waals surface area contributed by atoms with Gasteiger partial charge in [-0.25, -0.2) is 0 Å². The predicted molar refractivity (Wildman–Crippen MR) is 110 cm³/mol. The van der Waals surface area contributed by atoms with E-state index in [0.29, 0.717) is 6.54 Å². The lowest BCUT2D eigenvalue weighted by atomic mass is 9.48. The zero-order valence-electron chi connectivity index (χ0n) is 15.8. The maximum Gasteiger partial charge on any atom is 0.229 e. The Morgan fingerprint density at radius 3 is 2.25 bits per heavy atom. The number of piperidine rings is 1. The number of nitrogens with one attached hydrogen (secondary N) is 1. The Balaban J connectivity index is 1.83. The van der Waals surface area contributed by atoms with Crippen molar-refractivity contribution in [3.63, 3.8) is 0 Å². The van der Waals surface area contributed by atoms with Gasteiger partial charge in [0.1, 0.15) is 0 Å². The number of hydrogen-bond donors (Lipinski definition) is 3. The molecule has 0 radical (unpaired) electrons. The van der Waals surface area contributed by atoms with Crippen molar-refractivity contribution in [2.45, 2.75) is 31.1 Å². The van der Waals surface area contributed by atoms with Crippen molar-refractivity contribution in [2.75, 3.05) is 13.1 Å². The van der Waals surface area contributed by atoms with Gasteiger partial charge in [-0.3, -0.25) is 9.59 Å². The zero-order chi connectivity index (χ0) is 19.7. The summed E-state index contributed by atoms with van der Waals surface area (Å²) in [6.45, 7) is 1.63. The molecular formula is C22H26BrN3O2. The fourth-order valence-corrected chi connectivity index (χ4v) is 7.51. The third-order valence-electron chi connectivity index (χ3n) is 8.21. The van der Waals surface area contributed by atoms with Gasteiger partial charge < -0.3 is 16.8 Å². The minimum atomic E-state index is -1.10. The molecule has 1 unspecified atom stereocenters. The summed E-state index contributed by atoms with van der Waals surface area (Å²) >= 11 is 3.49. The molecule has 5 N–H and O–H groups in total. The van der Waals surface area contributed by atoms with Crippen LogP contribution in [0.1, 0.15) is 31.2 Å². The Hall–Kier alpha value is -1.66. The number of carbonyl (C=O) groups excluding carboxylic acids is 2. The standard InChI is InChI=1S/C22H26BrN3O2/c23-15-5-3-13(4-6-15)21(18(24)27)16-7-8-17(20(16)9-10-20)22(21,19(25)28)14-2-1-11-26-12-14/h3-8,14,16-17,26H,1-2,9-12H2,(H2,24,27)(H2,25,28)/t14?,16-,17+,21+,22+/m0/s1. The number of benzene rings is 1. The molecule has 2 bridgehead atoms. The molecule has 1 aromatic rings. The first kappa shape index (κ1) is 18.4. The molecule has 148 valence electrons. The van der Waals surface area contributed by atoms with E-state index < -0.39 is 16.7 Å². The van der Waals surface area contributed by atoms with Crippen molar-refractivity contribution in [2.24, 2.45) is 40.1 Å². The summed E-state index contributed by atoms with van der Waals surface area (Å²) in [4.78, 5) is 26.9. The van der Waals surface area contributed by atoms with Crippen LogP contribution in [0.25, 0.3) is 0 Å². The van der Waals surface area contributed by atoms with Gasteiger partial charge in [-0.15, -0.1) is 0 Å². The molecule has 0 aromatic heterocycles. The molecule has 5 rings (SSSR count). The largest absolute Gasteiger partial charge is 0.369 e. The monoisotopic (exact) mass is 443 g/mol. The normalized spacial score (nSPS) is 40.0. The second-order valence-corrected chi connectivity index (χ2v) is 9.94. The van der Waals surface area contributed by atoms with Gasteiger partial charge in [0.15, 0.2) is 0 Å². The Morgan fingerprint density at radius 1 is 1.04 bits per heavy atom. The molecular weight excluding hydrogens is 418 g/mol. The van der Waals surface area contributed by atoms with E-state index in [1.54, 1.807) is 0 Å². The third kappa shape index (κ3) is 1.91. The number of primary amides is 2. The zero-order valence-corrected chi connectivity index (χ0v) is 17.4. The summed E-state index contributed by atoms with van der Waals surface area (Å²) in [6, 6.07) is 7.77. The second kappa shape index (κ2) is 5.92. The molecule has 6 heteroatoms. The molecule has 1 spiro atoms. The summed E-state index contributed by atoms with van der Waals surface area (Å²) in [5.41, 5.74) is 11.2. The molecule has 2 amide bonds.